The van der Waals surface area contributed by atoms with Crippen LogP contribution in [0.3, 0.4) is 0 Å². The first-order chi connectivity index (χ1) is 9.86. The molecule has 7 heteroatoms. The van der Waals surface area contributed by atoms with Gasteiger partial charge in [0, 0.05) is 10.7 Å². The standard InChI is InChI=1S/C14H13ClN2O3S/c1-7-5-9(15)3-4-10(7)17-11(18)6-12-16-8(2)13(21-12)14(19)20/h3-5H,6H2,1-2H3,(H,17,18)(H,19,20). The van der Waals surface area contributed by atoms with E-state index in [1.165, 1.54) is 0 Å². The van der Waals surface area contributed by atoms with E-state index in [0.29, 0.717) is 21.4 Å². The summed E-state index contributed by atoms with van der Waals surface area (Å²) in [6, 6.07) is 5.18. The summed E-state index contributed by atoms with van der Waals surface area (Å²) in [6.45, 7) is 3.46. The van der Waals surface area contributed by atoms with Crippen LogP contribution in [0.25, 0.3) is 0 Å². The van der Waals surface area contributed by atoms with Crippen molar-refractivity contribution in [2.24, 2.45) is 0 Å². The number of thiazole rings is 1. The number of aryl methyl sites for hydroxylation is 2. The number of carboxylic acid groups (broad SMARTS) is 1. The molecular formula is C14H13ClN2O3S. The van der Waals surface area contributed by atoms with Crippen LogP contribution in [-0.2, 0) is 11.2 Å². The number of hydrogen-bond acceptors (Lipinski definition) is 4. The molecule has 0 fully saturated rings. The van der Waals surface area contributed by atoms with Gasteiger partial charge >= 0.3 is 5.97 Å². The number of rotatable bonds is 4. The number of nitrogens with one attached hydrogen (secondary N) is 1. The van der Waals surface area contributed by atoms with Gasteiger partial charge in [-0.1, -0.05) is 11.6 Å². The van der Waals surface area contributed by atoms with Crippen LogP contribution in [-0.4, -0.2) is 22.0 Å². The first-order valence-electron chi connectivity index (χ1n) is 6.12. The Morgan fingerprint density at radius 3 is 2.67 bits per heavy atom. The number of anilines is 1. The normalized spacial score (nSPS) is 10.4. The maximum absolute atomic E-state index is 12.0. The third-order valence-corrected chi connectivity index (χ3v) is 4.19. The van der Waals surface area contributed by atoms with E-state index in [-0.39, 0.29) is 17.2 Å². The largest absolute Gasteiger partial charge is 0.477 e. The first kappa shape index (κ1) is 15.5. The Morgan fingerprint density at radius 2 is 2.10 bits per heavy atom. The lowest BCUT2D eigenvalue weighted by Crippen LogP contribution is -2.15. The maximum atomic E-state index is 12.0. The lowest BCUT2D eigenvalue weighted by Gasteiger charge is -2.07. The van der Waals surface area contributed by atoms with Gasteiger partial charge < -0.3 is 10.4 Å². The molecule has 2 N–H and O–H groups in total. The van der Waals surface area contributed by atoms with Gasteiger partial charge in [-0.25, -0.2) is 9.78 Å². The van der Waals surface area contributed by atoms with Crippen molar-refractivity contribution >= 4 is 40.5 Å². The van der Waals surface area contributed by atoms with Gasteiger partial charge in [0.25, 0.3) is 0 Å². The number of carboxylic acids is 1. The molecule has 1 amide bonds. The van der Waals surface area contributed by atoms with Gasteiger partial charge in [-0.15, -0.1) is 11.3 Å². The number of benzene rings is 1. The van der Waals surface area contributed by atoms with E-state index >= 15 is 0 Å². The van der Waals surface area contributed by atoms with Crippen molar-refractivity contribution in [1.29, 1.82) is 0 Å². The van der Waals surface area contributed by atoms with Gasteiger partial charge in [0.1, 0.15) is 9.88 Å². The molecule has 0 radical (unpaired) electrons. The van der Waals surface area contributed by atoms with Crippen molar-refractivity contribution in [3.8, 4) is 0 Å². The number of hydrogen-bond donors (Lipinski definition) is 2. The molecule has 0 bridgehead atoms. The average Bonchev–Trinajstić information content (AvgIpc) is 2.74. The molecule has 5 nitrogen and oxygen atoms in total. The topological polar surface area (TPSA) is 79.3 Å². The number of carbonyl (C=O) groups excluding carboxylic acids is 1. The molecule has 1 heterocycles. The highest BCUT2D eigenvalue weighted by Gasteiger charge is 2.16. The summed E-state index contributed by atoms with van der Waals surface area (Å²) in [5.41, 5.74) is 1.96. The van der Waals surface area contributed by atoms with Gasteiger partial charge in [-0.05, 0) is 37.6 Å². The Labute approximate surface area is 130 Å². The van der Waals surface area contributed by atoms with E-state index in [4.69, 9.17) is 16.7 Å². The summed E-state index contributed by atoms with van der Waals surface area (Å²) in [6.07, 6.45) is 0.0425. The Bertz CT molecular complexity index is 712. The second kappa shape index (κ2) is 6.24. The van der Waals surface area contributed by atoms with E-state index < -0.39 is 5.97 Å². The smallest absolute Gasteiger partial charge is 0.347 e. The number of aromatic carboxylic acids is 1. The molecule has 0 aliphatic heterocycles. The summed E-state index contributed by atoms with van der Waals surface area (Å²) in [5.74, 6) is -1.27. The Morgan fingerprint density at radius 1 is 1.38 bits per heavy atom. The van der Waals surface area contributed by atoms with Crippen LogP contribution >= 0.6 is 22.9 Å². The third kappa shape index (κ3) is 3.80. The summed E-state index contributed by atoms with van der Waals surface area (Å²) < 4.78 is 0. The molecule has 2 aromatic rings. The van der Waals surface area contributed by atoms with Crippen molar-refractivity contribution in [3.63, 3.8) is 0 Å². The van der Waals surface area contributed by atoms with E-state index in [1.807, 2.05) is 6.92 Å². The molecule has 1 aromatic carbocycles. The number of carbonyl (C=O) groups is 2. The molecular weight excluding hydrogens is 312 g/mol. The highest BCUT2D eigenvalue weighted by Crippen LogP contribution is 2.21. The lowest BCUT2D eigenvalue weighted by molar-refractivity contribution is -0.115. The van der Waals surface area contributed by atoms with Crippen molar-refractivity contribution in [2.45, 2.75) is 20.3 Å². The molecule has 0 aliphatic carbocycles. The Hall–Kier alpha value is -1.92. The SMILES string of the molecule is Cc1cc(Cl)ccc1NC(=O)Cc1nc(C)c(C(=O)O)s1. The minimum Gasteiger partial charge on any atom is -0.477 e. The van der Waals surface area contributed by atoms with Crippen LogP contribution in [0.15, 0.2) is 18.2 Å². The highest BCUT2D eigenvalue weighted by molar-refractivity contribution is 7.13. The van der Waals surface area contributed by atoms with E-state index in [0.717, 1.165) is 16.9 Å². The van der Waals surface area contributed by atoms with Crippen molar-refractivity contribution in [3.05, 3.63) is 44.4 Å². The monoisotopic (exact) mass is 324 g/mol. The Kier molecular flexibility index (Phi) is 4.59. The fourth-order valence-electron chi connectivity index (χ4n) is 1.83. The molecule has 1 aromatic heterocycles. The average molecular weight is 325 g/mol. The summed E-state index contributed by atoms with van der Waals surface area (Å²) in [7, 11) is 0. The van der Waals surface area contributed by atoms with Gasteiger partial charge in [-0.3, -0.25) is 4.79 Å². The zero-order chi connectivity index (χ0) is 15.6. The molecule has 0 spiro atoms. The zero-order valence-electron chi connectivity index (χ0n) is 11.4. The first-order valence-corrected chi connectivity index (χ1v) is 7.32. The minimum absolute atomic E-state index is 0.0425. The molecule has 110 valence electrons. The molecule has 0 atom stereocenters. The van der Waals surface area contributed by atoms with E-state index in [9.17, 15) is 9.59 Å². The number of halogens is 1. The zero-order valence-corrected chi connectivity index (χ0v) is 13.0. The molecule has 0 unspecified atom stereocenters. The Balaban J connectivity index is 2.08. The summed E-state index contributed by atoms with van der Waals surface area (Å²) >= 11 is 6.88. The third-order valence-electron chi connectivity index (χ3n) is 2.81. The molecule has 2 rings (SSSR count). The fourth-order valence-corrected chi connectivity index (χ4v) is 2.95. The predicted molar refractivity (Wildman–Crippen MR) is 82.3 cm³/mol. The lowest BCUT2D eigenvalue weighted by atomic mass is 10.2. The van der Waals surface area contributed by atoms with Crippen LogP contribution in [0.2, 0.25) is 5.02 Å². The van der Waals surface area contributed by atoms with Crippen LogP contribution in [0.5, 0.6) is 0 Å². The minimum atomic E-state index is -1.02. The van der Waals surface area contributed by atoms with Gasteiger partial charge in [0.2, 0.25) is 5.91 Å². The molecule has 0 saturated heterocycles. The molecule has 0 saturated carbocycles. The van der Waals surface area contributed by atoms with Crippen molar-refractivity contribution in [2.75, 3.05) is 5.32 Å². The highest BCUT2D eigenvalue weighted by atomic mass is 35.5. The van der Waals surface area contributed by atoms with E-state index in [2.05, 4.69) is 10.3 Å². The summed E-state index contributed by atoms with van der Waals surface area (Å²) in [4.78, 5) is 27.2. The second-order valence-corrected chi connectivity index (χ2v) is 6.03. The van der Waals surface area contributed by atoms with Crippen molar-refractivity contribution < 1.29 is 14.7 Å². The van der Waals surface area contributed by atoms with Crippen LogP contribution in [0.1, 0.15) is 25.9 Å². The van der Waals surface area contributed by atoms with Gasteiger partial charge in [0.05, 0.1) is 12.1 Å². The number of aromatic nitrogens is 1. The molecule has 0 aliphatic rings. The maximum Gasteiger partial charge on any atom is 0.347 e. The fraction of sp³-hybridized carbons (Fsp3) is 0.214. The van der Waals surface area contributed by atoms with Gasteiger partial charge in [0.15, 0.2) is 0 Å². The quantitative estimate of drug-likeness (QED) is 0.904. The van der Waals surface area contributed by atoms with Gasteiger partial charge in [-0.2, -0.15) is 0 Å². The number of nitrogens with zero attached hydrogens (tertiary/aromatic N) is 1. The number of amides is 1. The molecule has 21 heavy (non-hydrogen) atoms. The second-order valence-electron chi connectivity index (χ2n) is 4.51. The van der Waals surface area contributed by atoms with Crippen LogP contribution < -0.4 is 5.32 Å². The predicted octanol–water partition coefficient (Wildman–Crippen LogP) is 3.29. The van der Waals surface area contributed by atoms with Crippen LogP contribution in [0.4, 0.5) is 5.69 Å². The van der Waals surface area contributed by atoms with Crippen LogP contribution in [0, 0.1) is 13.8 Å². The van der Waals surface area contributed by atoms with Crippen molar-refractivity contribution in [1.82, 2.24) is 4.98 Å². The summed E-state index contributed by atoms with van der Waals surface area (Å²) in [5, 5.41) is 12.8. The van der Waals surface area contributed by atoms with E-state index in [1.54, 1.807) is 25.1 Å².